The monoisotopic (exact) mass is 213 g/mol. The Morgan fingerprint density at radius 1 is 1.57 bits per heavy atom. The standard InChI is InChI=1S/C10H12ClNO2/c1-14-10-6-7(2-3-8(10)12)9(13)4-5-11/h2-3,6H,4-5,12H2,1H3. The number of nitrogens with two attached hydrogens (primary N) is 1. The molecule has 3 nitrogen and oxygen atoms in total. The summed E-state index contributed by atoms with van der Waals surface area (Å²) in [4.78, 5) is 11.4. The number of ketones is 1. The highest BCUT2D eigenvalue weighted by molar-refractivity contribution is 6.19. The van der Waals surface area contributed by atoms with Crippen molar-refractivity contribution in [3.05, 3.63) is 23.8 Å². The predicted molar refractivity (Wildman–Crippen MR) is 57.1 cm³/mol. The Morgan fingerprint density at radius 2 is 2.29 bits per heavy atom. The number of nitrogen functional groups attached to an aromatic ring is 1. The van der Waals surface area contributed by atoms with Gasteiger partial charge in [0.15, 0.2) is 5.78 Å². The normalized spacial score (nSPS) is 9.86. The van der Waals surface area contributed by atoms with E-state index in [9.17, 15) is 4.79 Å². The van der Waals surface area contributed by atoms with Gasteiger partial charge in [0.1, 0.15) is 5.75 Å². The molecule has 0 saturated heterocycles. The number of Topliss-reactive ketones (excluding diaryl/α,β-unsaturated/α-hetero) is 1. The molecular weight excluding hydrogens is 202 g/mol. The molecule has 0 bridgehead atoms. The number of benzene rings is 1. The fourth-order valence-corrected chi connectivity index (χ4v) is 1.29. The minimum Gasteiger partial charge on any atom is -0.495 e. The van der Waals surface area contributed by atoms with Gasteiger partial charge in [-0.25, -0.2) is 0 Å². The Morgan fingerprint density at radius 3 is 2.86 bits per heavy atom. The maximum atomic E-state index is 11.4. The number of rotatable bonds is 4. The average molecular weight is 214 g/mol. The molecule has 0 aliphatic carbocycles. The molecule has 2 N–H and O–H groups in total. The van der Waals surface area contributed by atoms with Crippen LogP contribution in [0.3, 0.4) is 0 Å². The van der Waals surface area contributed by atoms with Crippen molar-refractivity contribution in [3.63, 3.8) is 0 Å². The highest BCUT2D eigenvalue weighted by Gasteiger charge is 2.07. The van der Waals surface area contributed by atoms with Crippen molar-refractivity contribution in [1.82, 2.24) is 0 Å². The highest BCUT2D eigenvalue weighted by atomic mass is 35.5. The Balaban J connectivity index is 2.94. The van der Waals surface area contributed by atoms with Crippen LogP contribution in [-0.4, -0.2) is 18.8 Å². The molecule has 0 spiro atoms. The second-order valence-electron chi connectivity index (χ2n) is 2.82. The zero-order valence-corrected chi connectivity index (χ0v) is 8.67. The minimum atomic E-state index is -0.00157. The van der Waals surface area contributed by atoms with Crippen LogP contribution >= 0.6 is 11.6 Å². The van der Waals surface area contributed by atoms with Crippen LogP contribution in [0.2, 0.25) is 0 Å². The lowest BCUT2D eigenvalue weighted by atomic mass is 10.1. The molecule has 1 aromatic carbocycles. The molecule has 0 atom stereocenters. The van der Waals surface area contributed by atoms with Gasteiger partial charge < -0.3 is 10.5 Å². The Hall–Kier alpha value is -1.22. The van der Waals surface area contributed by atoms with Crippen LogP contribution in [0.25, 0.3) is 0 Å². The molecule has 0 aliphatic rings. The molecule has 0 aromatic heterocycles. The molecule has 1 aromatic rings. The van der Waals surface area contributed by atoms with Gasteiger partial charge in [0.2, 0.25) is 0 Å². The molecule has 4 heteroatoms. The van der Waals surface area contributed by atoms with Gasteiger partial charge in [-0.1, -0.05) is 0 Å². The topological polar surface area (TPSA) is 52.3 Å². The van der Waals surface area contributed by atoms with E-state index >= 15 is 0 Å². The van der Waals surface area contributed by atoms with Gasteiger partial charge in [-0.05, 0) is 18.2 Å². The first kappa shape index (κ1) is 10.9. The smallest absolute Gasteiger partial charge is 0.164 e. The Kier molecular flexibility index (Phi) is 3.77. The summed E-state index contributed by atoms with van der Waals surface area (Å²) in [5.74, 6) is 0.842. The summed E-state index contributed by atoms with van der Waals surface area (Å²) < 4.78 is 5.00. The van der Waals surface area contributed by atoms with E-state index in [-0.39, 0.29) is 5.78 Å². The molecule has 0 unspecified atom stereocenters. The minimum absolute atomic E-state index is 0.00157. The molecule has 76 valence electrons. The van der Waals surface area contributed by atoms with Crippen LogP contribution in [0.4, 0.5) is 5.69 Å². The molecule has 0 fully saturated rings. The summed E-state index contributed by atoms with van der Waals surface area (Å²) in [5.41, 5.74) is 6.72. The van der Waals surface area contributed by atoms with E-state index in [4.69, 9.17) is 22.1 Å². The van der Waals surface area contributed by atoms with E-state index < -0.39 is 0 Å². The Labute approximate surface area is 87.8 Å². The van der Waals surface area contributed by atoms with Crippen molar-refractivity contribution in [2.45, 2.75) is 6.42 Å². The molecule has 0 aliphatic heterocycles. The number of methoxy groups -OCH3 is 1. The van der Waals surface area contributed by atoms with E-state index in [0.717, 1.165) is 0 Å². The molecular formula is C10H12ClNO2. The maximum Gasteiger partial charge on any atom is 0.164 e. The molecule has 1 rings (SSSR count). The van der Waals surface area contributed by atoms with Gasteiger partial charge in [0.25, 0.3) is 0 Å². The number of carbonyl (C=O) groups excluding carboxylic acids is 1. The fraction of sp³-hybridized carbons (Fsp3) is 0.300. The highest BCUT2D eigenvalue weighted by Crippen LogP contribution is 2.22. The van der Waals surface area contributed by atoms with E-state index in [1.807, 2.05) is 0 Å². The van der Waals surface area contributed by atoms with Gasteiger partial charge in [0, 0.05) is 17.9 Å². The first-order valence-electron chi connectivity index (χ1n) is 4.21. The van der Waals surface area contributed by atoms with Crippen LogP contribution in [0.1, 0.15) is 16.8 Å². The largest absolute Gasteiger partial charge is 0.495 e. The van der Waals surface area contributed by atoms with Crippen molar-refractivity contribution in [1.29, 1.82) is 0 Å². The maximum absolute atomic E-state index is 11.4. The van der Waals surface area contributed by atoms with E-state index in [2.05, 4.69) is 0 Å². The molecule has 0 amide bonds. The van der Waals surface area contributed by atoms with E-state index in [1.165, 1.54) is 7.11 Å². The zero-order valence-electron chi connectivity index (χ0n) is 7.92. The number of ether oxygens (including phenoxy) is 1. The van der Waals surface area contributed by atoms with Crippen LogP contribution < -0.4 is 10.5 Å². The van der Waals surface area contributed by atoms with Crippen LogP contribution in [0.15, 0.2) is 18.2 Å². The van der Waals surface area contributed by atoms with Gasteiger partial charge in [0.05, 0.1) is 12.8 Å². The summed E-state index contributed by atoms with van der Waals surface area (Å²) in [7, 11) is 1.52. The Bertz CT molecular complexity index is 339. The van der Waals surface area contributed by atoms with Gasteiger partial charge in [-0.2, -0.15) is 0 Å². The average Bonchev–Trinajstić information content (AvgIpc) is 2.19. The van der Waals surface area contributed by atoms with Gasteiger partial charge >= 0.3 is 0 Å². The van der Waals surface area contributed by atoms with Crippen LogP contribution in [-0.2, 0) is 0 Å². The summed E-state index contributed by atoms with van der Waals surface area (Å²) in [5, 5.41) is 0. The number of alkyl halides is 1. The number of hydrogen-bond acceptors (Lipinski definition) is 3. The quantitative estimate of drug-likeness (QED) is 0.473. The first-order chi connectivity index (χ1) is 6.69. The summed E-state index contributed by atoms with van der Waals surface area (Å²) >= 11 is 5.47. The SMILES string of the molecule is COc1cc(C(=O)CCCl)ccc1N. The second-order valence-corrected chi connectivity index (χ2v) is 3.20. The van der Waals surface area contributed by atoms with Crippen molar-refractivity contribution in [2.75, 3.05) is 18.7 Å². The number of anilines is 1. The van der Waals surface area contributed by atoms with E-state index in [0.29, 0.717) is 29.3 Å². The van der Waals surface area contributed by atoms with Crippen LogP contribution in [0.5, 0.6) is 5.75 Å². The van der Waals surface area contributed by atoms with Crippen molar-refractivity contribution < 1.29 is 9.53 Å². The first-order valence-corrected chi connectivity index (χ1v) is 4.75. The van der Waals surface area contributed by atoms with Crippen molar-refractivity contribution >= 4 is 23.1 Å². The van der Waals surface area contributed by atoms with Gasteiger partial charge in [-0.15, -0.1) is 11.6 Å². The van der Waals surface area contributed by atoms with Gasteiger partial charge in [-0.3, -0.25) is 4.79 Å². The third-order valence-corrected chi connectivity index (χ3v) is 2.07. The van der Waals surface area contributed by atoms with Crippen molar-refractivity contribution in [2.24, 2.45) is 0 Å². The lowest BCUT2D eigenvalue weighted by Crippen LogP contribution is -2.01. The summed E-state index contributed by atoms with van der Waals surface area (Å²) in [6, 6.07) is 4.96. The lowest BCUT2D eigenvalue weighted by Gasteiger charge is -2.05. The lowest BCUT2D eigenvalue weighted by molar-refractivity contribution is 0.0989. The predicted octanol–water partition coefficient (Wildman–Crippen LogP) is 2.09. The third kappa shape index (κ3) is 2.39. The van der Waals surface area contributed by atoms with Crippen LogP contribution in [0, 0.1) is 0 Å². The number of halogens is 1. The molecule has 0 heterocycles. The van der Waals surface area contributed by atoms with E-state index in [1.54, 1.807) is 18.2 Å². The fourth-order valence-electron chi connectivity index (χ4n) is 1.11. The van der Waals surface area contributed by atoms with Crippen molar-refractivity contribution in [3.8, 4) is 5.75 Å². The molecule has 14 heavy (non-hydrogen) atoms. The second kappa shape index (κ2) is 4.86. The number of hydrogen-bond donors (Lipinski definition) is 1. The number of carbonyl (C=O) groups is 1. The molecule has 0 radical (unpaired) electrons. The molecule has 0 saturated carbocycles. The summed E-state index contributed by atoms with van der Waals surface area (Å²) in [6.45, 7) is 0. The third-order valence-electron chi connectivity index (χ3n) is 1.88. The zero-order chi connectivity index (χ0) is 10.6. The summed E-state index contributed by atoms with van der Waals surface area (Å²) in [6.07, 6.45) is 0.328.